The first kappa shape index (κ1) is 13.4. The highest BCUT2D eigenvalue weighted by Crippen LogP contribution is 2.12. The largest absolute Gasteiger partial charge is 0.377 e. The lowest BCUT2D eigenvalue weighted by molar-refractivity contribution is 0.0797. The van der Waals surface area contributed by atoms with E-state index in [0.717, 1.165) is 26.1 Å². The van der Waals surface area contributed by atoms with Crippen molar-refractivity contribution >= 4 is 0 Å². The molecular formula is C12H23N3O. The fraction of sp³-hybridized carbons (Fsp3) is 0.917. The Labute approximate surface area is 98.6 Å². The van der Waals surface area contributed by atoms with Gasteiger partial charge in [0.1, 0.15) is 6.04 Å². The van der Waals surface area contributed by atoms with Gasteiger partial charge in [-0.2, -0.15) is 5.26 Å². The highest BCUT2D eigenvalue weighted by molar-refractivity contribution is 4.92. The van der Waals surface area contributed by atoms with Gasteiger partial charge in [-0.05, 0) is 33.7 Å². The maximum Gasteiger partial charge on any atom is 0.108 e. The summed E-state index contributed by atoms with van der Waals surface area (Å²) in [4.78, 5) is 2.18. The van der Waals surface area contributed by atoms with E-state index in [1.54, 1.807) is 0 Å². The van der Waals surface area contributed by atoms with Crippen LogP contribution in [0.3, 0.4) is 0 Å². The fourth-order valence-corrected chi connectivity index (χ4v) is 2.06. The Balaban J connectivity index is 2.25. The van der Waals surface area contributed by atoms with Crippen LogP contribution in [0.25, 0.3) is 0 Å². The van der Waals surface area contributed by atoms with E-state index in [1.807, 2.05) is 7.05 Å². The molecule has 0 radical (unpaired) electrons. The quantitative estimate of drug-likeness (QED) is 0.732. The van der Waals surface area contributed by atoms with Gasteiger partial charge in [-0.1, -0.05) is 0 Å². The highest BCUT2D eigenvalue weighted by atomic mass is 16.5. The lowest BCUT2D eigenvalue weighted by Gasteiger charge is -2.24. The van der Waals surface area contributed by atoms with Crippen molar-refractivity contribution in [3.8, 4) is 6.07 Å². The average molecular weight is 225 g/mol. The molecule has 0 aliphatic carbocycles. The summed E-state index contributed by atoms with van der Waals surface area (Å²) in [6.45, 7) is 6.70. The molecule has 0 aromatic heterocycles. The van der Waals surface area contributed by atoms with Crippen molar-refractivity contribution in [1.82, 2.24) is 10.2 Å². The number of rotatable bonds is 6. The SMILES string of the molecule is CC(C)NC(C#N)CN(C)CC1CCCO1. The standard InChI is InChI=1S/C12H23N3O/c1-10(2)14-11(7-13)8-15(3)9-12-5-4-6-16-12/h10-12,14H,4-6,8-9H2,1-3H3. The Kier molecular flexibility index (Phi) is 5.75. The van der Waals surface area contributed by atoms with E-state index in [0.29, 0.717) is 12.1 Å². The van der Waals surface area contributed by atoms with Crippen LogP contribution in [-0.4, -0.2) is 49.8 Å². The van der Waals surface area contributed by atoms with E-state index in [-0.39, 0.29) is 6.04 Å². The maximum absolute atomic E-state index is 9.01. The van der Waals surface area contributed by atoms with Crippen molar-refractivity contribution in [2.24, 2.45) is 0 Å². The zero-order chi connectivity index (χ0) is 12.0. The summed E-state index contributed by atoms with van der Waals surface area (Å²) in [7, 11) is 2.05. The minimum absolute atomic E-state index is 0.0913. The molecule has 4 heteroatoms. The minimum atomic E-state index is -0.0913. The Morgan fingerprint density at radius 3 is 2.81 bits per heavy atom. The van der Waals surface area contributed by atoms with E-state index in [9.17, 15) is 0 Å². The molecule has 1 aliphatic heterocycles. The lowest BCUT2D eigenvalue weighted by atomic mass is 10.2. The summed E-state index contributed by atoms with van der Waals surface area (Å²) in [6, 6.07) is 2.55. The van der Waals surface area contributed by atoms with Gasteiger partial charge in [-0.3, -0.25) is 5.32 Å². The molecule has 0 amide bonds. The second kappa shape index (κ2) is 6.85. The number of nitriles is 1. The smallest absolute Gasteiger partial charge is 0.108 e. The molecule has 1 saturated heterocycles. The molecule has 0 spiro atoms. The summed E-state index contributed by atoms with van der Waals surface area (Å²) in [5.41, 5.74) is 0. The van der Waals surface area contributed by atoms with Crippen molar-refractivity contribution in [3.63, 3.8) is 0 Å². The van der Waals surface area contributed by atoms with Crippen molar-refractivity contribution in [3.05, 3.63) is 0 Å². The number of hydrogen-bond donors (Lipinski definition) is 1. The summed E-state index contributed by atoms with van der Waals surface area (Å²) < 4.78 is 5.57. The van der Waals surface area contributed by atoms with Gasteiger partial charge in [0.15, 0.2) is 0 Å². The zero-order valence-corrected chi connectivity index (χ0v) is 10.6. The Hall–Kier alpha value is -0.630. The molecule has 4 nitrogen and oxygen atoms in total. The summed E-state index contributed by atoms with van der Waals surface area (Å²) in [5, 5.41) is 12.3. The Bertz CT molecular complexity index is 231. The molecule has 1 heterocycles. The second-order valence-electron chi connectivity index (χ2n) is 4.86. The Morgan fingerprint density at radius 1 is 1.56 bits per heavy atom. The van der Waals surface area contributed by atoms with Crippen LogP contribution in [0.5, 0.6) is 0 Å². The summed E-state index contributed by atoms with van der Waals surface area (Å²) >= 11 is 0. The monoisotopic (exact) mass is 225 g/mol. The number of hydrogen-bond acceptors (Lipinski definition) is 4. The molecule has 2 unspecified atom stereocenters. The van der Waals surface area contributed by atoms with E-state index in [4.69, 9.17) is 10.00 Å². The Morgan fingerprint density at radius 2 is 2.31 bits per heavy atom. The van der Waals surface area contributed by atoms with E-state index < -0.39 is 0 Å². The van der Waals surface area contributed by atoms with Crippen LogP contribution >= 0.6 is 0 Å². The van der Waals surface area contributed by atoms with Crippen LogP contribution in [0.4, 0.5) is 0 Å². The first-order valence-electron chi connectivity index (χ1n) is 6.07. The molecule has 16 heavy (non-hydrogen) atoms. The topological polar surface area (TPSA) is 48.3 Å². The van der Waals surface area contributed by atoms with E-state index in [2.05, 4.69) is 30.1 Å². The second-order valence-corrected chi connectivity index (χ2v) is 4.86. The molecule has 92 valence electrons. The van der Waals surface area contributed by atoms with Crippen molar-refractivity contribution in [2.75, 3.05) is 26.7 Å². The number of likely N-dealkylation sites (N-methyl/N-ethyl adjacent to an activating group) is 1. The van der Waals surface area contributed by atoms with Crippen LogP contribution < -0.4 is 5.32 Å². The van der Waals surface area contributed by atoms with Gasteiger partial charge in [0.05, 0.1) is 12.2 Å². The predicted octanol–water partition coefficient (Wildman–Crippen LogP) is 0.987. The minimum Gasteiger partial charge on any atom is -0.377 e. The summed E-state index contributed by atoms with van der Waals surface area (Å²) in [6.07, 6.45) is 2.69. The molecule has 1 rings (SSSR count). The first-order chi connectivity index (χ1) is 7.61. The van der Waals surface area contributed by atoms with Gasteiger partial charge in [-0.25, -0.2) is 0 Å². The molecule has 0 aromatic carbocycles. The lowest BCUT2D eigenvalue weighted by Crippen LogP contribution is -2.43. The van der Waals surface area contributed by atoms with E-state index >= 15 is 0 Å². The maximum atomic E-state index is 9.01. The van der Waals surface area contributed by atoms with Gasteiger partial charge in [0, 0.05) is 25.7 Å². The fourth-order valence-electron chi connectivity index (χ4n) is 2.06. The molecule has 1 N–H and O–H groups in total. The van der Waals surface area contributed by atoms with Crippen molar-refractivity contribution in [2.45, 2.75) is 44.9 Å². The van der Waals surface area contributed by atoms with Crippen molar-refractivity contribution < 1.29 is 4.74 Å². The van der Waals surface area contributed by atoms with Gasteiger partial charge in [0.25, 0.3) is 0 Å². The summed E-state index contributed by atoms with van der Waals surface area (Å²) in [5.74, 6) is 0. The number of ether oxygens (including phenoxy) is 1. The van der Waals surface area contributed by atoms with Gasteiger partial charge in [0.2, 0.25) is 0 Å². The molecule has 0 saturated carbocycles. The third-order valence-corrected chi connectivity index (χ3v) is 2.72. The van der Waals surface area contributed by atoms with Crippen LogP contribution in [-0.2, 0) is 4.74 Å². The van der Waals surface area contributed by atoms with Crippen LogP contribution in [0, 0.1) is 11.3 Å². The normalized spacial score (nSPS) is 22.6. The van der Waals surface area contributed by atoms with Crippen LogP contribution in [0.15, 0.2) is 0 Å². The number of nitrogens with one attached hydrogen (secondary N) is 1. The molecular weight excluding hydrogens is 202 g/mol. The molecule has 1 fully saturated rings. The van der Waals surface area contributed by atoms with Crippen LogP contribution in [0.1, 0.15) is 26.7 Å². The van der Waals surface area contributed by atoms with Crippen molar-refractivity contribution in [1.29, 1.82) is 5.26 Å². The van der Waals surface area contributed by atoms with Crippen LogP contribution in [0.2, 0.25) is 0 Å². The highest BCUT2D eigenvalue weighted by Gasteiger charge is 2.19. The number of nitrogens with zero attached hydrogens (tertiary/aromatic N) is 2. The molecule has 2 atom stereocenters. The average Bonchev–Trinajstić information content (AvgIpc) is 2.68. The molecule has 0 bridgehead atoms. The predicted molar refractivity (Wildman–Crippen MR) is 64.1 cm³/mol. The van der Waals surface area contributed by atoms with Gasteiger partial charge in [-0.15, -0.1) is 0 Å². The van der Waals surface area contributed by atoms with E-state index in [1.165, 1.54) is 6.42 Å². The third kappa shape index (κ3) is 4.93. The van der Waals surface area contributed by atoms with Gasteiger partial charge >= 0.3 is 0 Å². The molecule has 1 aliphatic rings. The van der Waals surface area contributed by atoms with Gasteiger partial charge < -0.3 is 9.64 Å². The zero-order valence-electron chi connectivity index (χ0n) is 10.6. The third-order valence-electron chi connectivity index (χ3n) is 2.72. The first-order valence-corrected chi connectivity index (χ1v) is 6.07. The molecule has 0 aromatic rings.